The maximum absolute atomic E-state index is 12.8. The average Bonchev–Trinajstić information content (AvgIpc) is 3.22. The summed E-state index contributed by atoms with van der Waals surface area (Å²) in [5.41, 5.74) is 4.12. The first-order valence-electron chi connectivity index (χ1n) is 9.60. The van der Waals surface area contributed by atoms with Crippen LogP contribution in [0.2, 0.25) is 0 Å². The normalized spacial score (nSPS) is 11.9. The molecule has 2 aromatic heterocycles. The number of nitrogens with zero attached hydrogens (tertiary/aromatic N) is 3. The first-order chi connectivity index (χ1) is 13.3. The predicted octanol–water partition coefficient (Wildman–Crippen LogP) is 4.43. The van der Waals surface area contributed by atoms with Gasteiger partial charge >= 0.3 is 0 Å². The first-order valence-corrected chi connectivity index (χ1v) is 10.5. The minimum Gasteiger partial charge on any atom is -0.383 e. The summed E-state index contributed by atoms with van der Waals surface area (Å²) in [7, 11) is 1.67. The lowest BCUT2D eigenvalue weighted by Gasteiger charge is -2.29. The fourth-order valence-corrected chi connectivity index (χ4v) is 4.02. The van der Waals surface area contributed by atoms with E-state index in [0.29, 0.717) is 19.7 Å². The minimum atomic E-state index is -0.397. The van der Waals surface area contributed by atoms with Gasteiger partial charge in [-0.15, -0.1) is 11.3 Å². The number of ether oxygens (including phenoxy) is 1. The molecule has 0 bridgehead atoms. The summed E-state index contributed by atoms with van der Waals surface area (Å²) in [5, 5.41) is 2.14. The molecule has 150 valence electrons. The van der Waals surface area contributed by atoms with Crippen LogP contribution in [0.1, 0.15) is 32.0 Å². The molecule has 0 atom stereocenters. The standard InChI is InChI=1S/C22H29N3O2S/c1-16-6-8-17(9-7-16)19-14-25-18(15-28-21(25)23-19)10-11-24(12-13-27-5)20(26)22(2,3)4/h6-9,14-15H,10-13H2,1-5H3. The van der Waals surface area contributed by atoms with Crippen molar-refractivity contribution in [3.63, 3.8) is 0 Å². The second-order valence-corrected chi connectivity index (χ2v) is 8.99. The number of aryl methyl sites for hydroxylation is 1. The molecule has 0 saturated heterocycles. The van der Waals surface area contributed by atoms with E-state index < -0.39 is 5.41 Å². The Bertz CT molecular complexity index is 935. The topological polar surface area (TPSA) is 46.8 Å². The van der Waals surface area contributed by atoms with Crippen molar-refractivity contribution in [3.8, 4) is 11.3 Å². The van der Waals surface area contributed by atoms with Crippen LogP contribution in [0.5, 0.6) is 0 Å². The van der Waals surface area contributed by atoms with E-state index in [9.17, 15) is 4.79 Å². The summed E-state index contributed by atoms with van der Waals surface area (Å²) in [6.45, 7) is 9.79. The molecule has 3 rings (SSSR count). The minimum absolute atomic E-state index is 0.155. The number of benzene rings is 1. The van der Waals surface area contributed by atoms with Crippen LogP contribution in [0.15, 0.2) is 35.8 Å². The quantitative estimate of drug-likeness (QED) is 0.590. The highest BCUT2D eigenvalue weighted by atomic mass is 32.1. The Hall–Kier alpha value is -2.18. The molecule has 0 unspecified atom stereocenters. The van der Waals surface area contributed by atoms with Gasteiger partial charge in [-0.3, -0.25) is 9.20 Å². The van der Waals surface area contributed by atoms with Crippen LogP contribution in [0.3, 0.4) is 0 Å². The molecule has 0 aliphatic rings. The first kappa shape index (κ1) is 20.6. The van der Waals surface area contributed by atoms with Crippen molar-refractivity contribution in [1.82, 2.24) is 14.3 Å². The molecule has 0 fully saturated rings. The Morgan fingerprint density at radius 3 is 2.57 bits per heavy atom. The number of methoxy groups -OCH3 is 1. The van der Waals surface area contributed by atoms with Crippen LogP contribution in [-0.4, -0.2) is 47.0 Å². The molecule has 5 nitrogen and oxygen atoms in total. The molecule has 0 spiro atoms. The molecule has 0 aliphatic carbocycles. The van der Waals surface area contributed by atoms with E-state index in [1.807, 2.05) is 25.7 Å². The van der Waals surface area contributed by atoms with E-state index in [4.69, 9.17) is 9.72 Å². The van der Waals surface area contributed by atoms with Crippen molar-refractivity contribution in [2.45, 2.75) is 34.1 Å². The maximum Gasteiger partial charge on any atom is 0.228 e. The third kappa shape index (κ3) is 4.62. The zero-order valence-electron chi connectivity index (χ0n) is 17.4. The monoisotopic (exact) mass is 399 g/mol. The molecule has 0 radical (unpaired) electrons. The summed E-state index contributed by atoms with van der Waals surface area (Å²) < 4.78 is 7.34. The van der Waals surface area contributed by atoms with E-state index in [1.165, 1.54) is 11.3 Å². The molecule has 3 aromatic rings. The van der Waals surface area contributed by atoms with Gasteiger partial charge in [-0.1, -0.05) is 50.6 Å². The lowest BCUT2D eigenvalue weighted by Crippen LogP contribution is -2.42. The van der Waals surface area contributed by atoms with Gasteiger partial charge in [0.15, 0.2) is 4.96 Å². The molecule has 0 N–H and O–H groups in total. The van der Waals surface area contributed by atoms with Crippen LogP contribution in [0.25, 0.3) is 16.2 Å². The Balaban J connectivity index is 1.77. The molecule has 0 aliphatic heterocycles. The third-order valence-corrected chi connectivity index (χ3v) is 5.65. The molecule has 1 aromatic carbocycles. The van der Waals surface area contributed by atoms with Crippen LogP contribution in [0, 0.1) is 12.3 Å². The van der Waals surface area contributed by atoms with E-state index in [2.05, 4.69) is 47.2 Å². The summed E-state index contributed by atoms with van der Waals surface area (Å²) in [5.74, 6) is 0.155. The highest BCUT2D eigenvalue weighted by Gasteiger charge is 2.27. The smallest absolute Gasteiger partial charge is 0.228 e. The summed E-state index contributed by atoms with van der Waals surface area (Å²) in [6, 6.07) is 8.43. The number of amides is 1. The van der Waals surface area contributed by atoms with Crippen molar-refractivity contribution in [2.24, 2.45) is 5.41 Å². The van der Waals surface area contributed by atoms with Gasteiger partial charge in [-0.2, -0.15) is 0 Å². The highest BCUT2D eigenvalue weighted by Crippen LogP contribution is 2.25. The largest absolute Gasteiger partial charge is 0.383 e. The maximum atomic E-state index is 12.8. The Kier molecular flexibility index (Phi) is 6.20. The SMILES string of the molecule is COCCN(CCc1csc2nc(-c3ccc(C)cc3)cn12)C(=O)C(C)(C)C. The van der Waals surface area contributed by atoms with Gasteiger partial charge in [0.25, 0.3) is 0 Å². The van der Waals surface area contributed by atoms with Crippen molar-refractivity contribution in [1.29, 1.82) is 0 Å². The third-order valence-electron chi connectivity index (χ3n) is 4.76. The van der Waals surface area contributed by atoms with Gasteiger partial charge in [0, 0.05) is 54.9 Å². The predicted molar refractivity (Wildman–Crippen MR) is 115 cm³/mol. The van der Waals surface area contributed by atoms with Gasteiger partial charge in [-0.25, -0.2) is 4.98 Å². The van der Waals surface area contributed by atoms with Crippen molar-refractivity contribution >= 4 is 22.2 Å². The van der Waals surface area contributed by atoms with Crippen molar-refractivity contribution in [2.75, 3.05) is 26.8 Å². The molecule has 2 heterocycles. The molecule has 28 heavy (non-hydrogen) atoms. The summed E-state index contributed by atoms with van der Waals surface area (Å²) >= 11 is 1.64. The number of imidazole rings is 1. The van der Waals surface area contributed by atoms with Gasteiger partial charge in [-0.05, 0) is 6.92 Å². The number of hydrogen-bond acceptors (Lipinski definition) is 4. The molecular weight excluding hydrogens is 370 g/mol. The van der Waals surface area contributed by atoms with Crippen molar-refractivity contribution in [3.05, 3.63) is 47.1 Å². The number of fused-ring (bicyclic) bond motifs is 1. The zero-order chi connectivity index (χ0) is 20.3. The van der Waals surface area contributed by atoms with Crippen molar-refractivity contribution < 1.29 is 9.53 Å². The second-order valence-electron chi connectivity index (χ2n) is 8.16. The van der Waals surface area contributed by atoms with Gasteiger partial charge in [0.05, 0.1) is 12.3 Å². The Morgan fingerprint density at radius 1 is 1.21 bits per heavy atom. The molecule has 0 saturated carbocycles. The van der Waals surface area contributed by atoms with Crippen LogP contribution in [-0.2, 0) is 16.0 Å². The lowest BCUT2D eigenvalue weighted by molar-refractivity contribution is -0.140. The molecular formula is C22H29N3O2S. The molecule has 6 heteroatoms. The Morgan fingerprint density at radius 2 is 1.93 bits per heavy atom. The van der Waals surface area contributed by atoms with Crippen LogP contribution in [0.4, 0.5) is 0 Å². The Labute approximate surface area is 171 Å². The van der Waals surface area contributed by atoms with Gasteiger partial charge in [0.1, 0.15) is 0 Å². The highest BCUT2D eigenvalue weighted by molar-refractivity contribution is 7.15. The van der Waals surface area contributed by atoms with Crippen LogP contribution >= 0.6 is 11.3 Å². The number of thiazole rings is 1. The van der Waals surface area contributed by atoms with E-state index in [1.54, 1.807) is 18.4 Å². The van der Waals surface area contributed by atoms with E-state index in [-0.39, 0.29) is 5.91 Å². The summed E-state index contributed by atoms with van der Waals surface area (Å²) in [6.07, 6.45) is 2.88. The number of carbonyl (C=O) groups is 1. The lowest BCUT2D eigenvalue weighted by atomic mass is 9.94. The molecule has 1 amide bonds. The fraction of sp³-hybridized carbons (Fsp3) is 0.455. The summed E-state index contributed by atoms with van der Waals surface area (Å²) in [4.78, 5) is 20.4. The van der Waals surface area contributed by atoms with Gasteiger partial charge < -0.3 is 9.64 Å². The average molecular weight is 400 g/mol. The number of hydrogen-bond donors (Lipinski definition) is 0. The second kappa shape index (κ2) is 8.45. The van der Waals surface area contributed by atoms with Gasteiger partial charge in [0.2, 0.25) is 5.91 Å². The van der Waals surface area contributed by atoms with E-state index >= 15 is 0 Å². The number of carbonyl (C=O) groups excluding carboxylic acids is 1. The fourth-order valence-electron chi connectivity index (χ4n) is 3.11. The number of aromatic nitrogens is 2. The van der Waals surface area contributed by atoms with Crippen LogP contribution < -0.4 is 0 Å². The number of rotatable bonds is 7. The van der Waals surface area contributed by atoms with E-state index in [0.717, 1.165) is 22.6 Å². The zero-order valence-corrected chi connectivity index (χ0v) is 18.2.